The average molecular weight is 251 g/mol. The van der Waals surface area contributed by atoms with E-state index in [0.29, 0.717) is 11.9 Å². The quantitative estimate of drug-likeness (QED) is 0.744. The molecule has 4 nitrogen and oxygen atoms in total. The number of nitrogens with one attached hydrogen (secondary N) is 1. The molecule has 3 aliphatic rings. The molecule has 102 valence electrons. The molecular weight excluding hydrogens is 226 g/mol. The lowest BCUT2D eigenvalue weighted by atomic mass is 9.77. The van der Waals surface area contributed by atoms with Gasteiger partial charge >= 0.3 is 0 Å². The van der Waals surface area contributed by atoms with Gasteiger partial charge in [-0.2, -0.15) is 0 Å². The first-order chi connectivity index (χ1) is 8.71. The number of piperidine rings is 2. The van der Waals surface area contributed by atoms with Gasteiger partial charge in [-0.3, -0.25) is 9.69 Å². The van der Waals surface area contributed by atoms with Crippen molar-refractivity contribution in [1.82, 2.24) is 15.1 Å². The highest BCUT2D eigenvalue weighted by atomic mass is 16.2. The second kappa shape index (κ2) is 4.82. The second-order valence-electron chi connectivity index (χ2n) is 6.31. The van der Waals surface area contributed by atoms with E-state index in [1.807, 2.05) is 11.9 Å². The summed E-state index contributed by atoms with van der Waals surface area (Å²) in [6.45, 7) is 5.45. The van der Waals surface area contributed by atoms with Crippen molar-refractivity contribution >= 4 is 5.91 Å². The summed E-state index contributed by atoms with van der Waals surface area (Å²) in [5.41, 5.74) is -0.0299. The van der Waals surface area contributed by atoms with Crippen molar-refractivity contribution in [1.29, 1.82) is 0 Å². The number of amides is 1. The predicted molar refractivity (Wildman–Crippen MR) is 71.4 cm³/mol. The van der Waals surface area contributed by atoms with Crippen LogP contribution in [-0.2, 0) is 4.79 Å². The van der Waals surface area contributed by atoms with Gasteiger partial charge in [0.05, 0.1) is 5.41 Å². The number of hydrogen-bond acceptors (Lipinski definition) is 3. The molecule has 1 atom stereocenters. The lowest BCUT2D eigenvalue weighted by molar-refractivity contribution is -0.138. The van der Waals surface area contributed by atoms with Crippen LogP contribution in [0.25, 0.3) is 0 Å². The van der Waals surface area contributed by atoms with Crippen LogP contribution in [0.4, 0.5) is 0 Å². The van der Waals surface area contributed by atoms with E-state index in [4.69, 9.17) is 0 Å². The molecule has 0 aromatic heterocycles. The zero-order valence-electron chi connectivity index (χ0n) is 11.5. The van der Waals surface area contributed by atoms with Gasteiger partial charge in [0, 0.05) is 26.2 Å². The largest absolute Gasteiger partial charge is 0.345 e. The summed E-state index contributed by atoms with van der Waals surface area (Å²) in [4.78, 5) is 16.9. The molecule has 1 unspecified atom stereocenters. The van der Waals surface area contributed by atoms with Gasteiger partial charge in [0.15, 0.2) is 0 Å². The van der Waals surface area contributed by atoms with E-state index in [-0.39, 0.29) is 5.41 Å². The summed E-state index contributed by atoms with van der Waals surface area (Å²) in [5, 5.41) is 3.43. The van der Waals surface area contributed by atoms with Gasteiger partial charge in [0.25, 0.3) is 0 Å². The van der Waals surface area contributed by atoms with Crippen molar-refractivity contribution in [3.8, 4) is 0 Å². The molecule has 4 heteroatoms. The summed E-state index contributed by atoms with van der Waals surface area (Å²) in [7, 11) is 1.96. The SMILES string of the molecule is CN1CCC2(CCCN(C3CCNCC3)C2)C1=O. The third-order valence-electron chi connectivity index (χ3n) is 5.16. The van der Waals surface area contributed by atoms with E-state index in [1.54, 1.807) is 0 Å². The minimum atomic E-state index is -0.0299. The Hall–Kier alpha value is -0.610. The van der Waals surface area contributed by atoms with E-state index in [2.05, 4.69) is 10.2 Å². The average Bonchev–Trinajstić information content (AvgIpc) is 2.69. The first-order valence-corrected chi connectivity index (χ1v) is 7.42. The molecule has 18 heavy (non-hydrogen) atoms. The van der Waals surface area contributed by atoms with Crippen molar-refractivity contribution < 1.29 is 4.79 Å². The molecule has 1 amide bonds. The molecule has 3 fully saturated rings. The molecule has 0 aromatic carbocycles. The van der Waals surface area contributed by atoms with E-state index in [9.17, 15) is 4.79 Å². The van der Waals surface area contributed by atoms with Crippen molar-refractivity contribution in [3.63, 3.8) is 0 Å². The fraction of sp³-hybridized carbons (Fsp3) is 0.929. The normalized spacial score (nSPS) is 35.6. The summed E-state index contributed by atoms with van der Waals surface area (Å²) in [6.07, 6.45) is 5.88. The Bertz CT molecular complexity index is 323. The van der Waals surface area contributed by atoms with Crippen LogP contribution < -0.4 is 5.32 Å². The van der Waals surface area contributed by atoms with Crippen LogP contribution in [0.1, 0.15) is 32.1 Å². The molecule has 3 rings (SSSR count). The molecule has 0 bridgehead atoms. The molecular formula is C14H25N3O. The Labute approximate surface area is 110 Å². The fourth-order valence-electron chi connectivity index (χ4n) is 4.02. The number of rotatable bonds is 1. The highest BCUT2D eigenvalue weighted by molar-refractivity contribution is 5.85. The lowest BCUT2D eigenvalue weighted by Crippen LogP contribution is -2.53. The minimum absolute atomic E-state index is 0.0299. The van der Waals surface area contributed by atoms with Gasteiger partial charge in [-0.05, 0) is 51.7 Å². The highest BCUT2D eigenvalue weighted by Crippen LogP contribution is 2.40. The van der Waals surface area contributed by atoms with Crippen molar-refractivity contribution in [2.75, 3.05) is 39.8 Å². The van der Waals surface area contributed by atoms with Gasteiger partial charge in [0.2, 0.25) is 5.91 Å². The van der Waals surface area contributed by atoms with Gasteiger partial charge in [0.1, 0.15) is 0 Å². The number of carbonyl (C=O) groups is 1. The predicted octanol–water partition coefficient (Wildman–Crippen LogP) is 0.683. The molecule has 0 saturated carbocycles. The molecule has 0 radical (unpaired) electrons. The van der Waals surface area contributed by atoms with Crippen LogP contribution in [0.3, 0.4) is 0 Å². The summed E-state index contributed by atoms with van der Waals surface area (Å²) in [6, 6.07) is 0.710. The first-order valence-electron chi connectivity index (χ1n) is 7.42. The Balaban J connectivity index is 1.70. The van der Waals surface area contributed by atoms with E-state index in [0.717, 1.165) is 39.0 Å². The maximum Gasteiger partial charge on any atom is 0.229 e. The molecule has 3 heterocycles. The van der Waals surface area contributed by atoms with Crippen LogP contribution >= 0.6 is 0 Å². The van der Waals surface area contributed by atoms with E-state index in [1.165, 1.54) is 25.8 Å². The van der Waals surface area contributed by atoms with Gasteiger partial charge < -0.3 is 10.2 Å². The summed E-state index contributed by atoms with van der Waals surface area (Å²) in [5.74, 6) is 0.404. The van der Waals surface area contributed by atoms with Gasteiger partial charge in [-0.15, -0.1) is 0 Å². The molecule has 1 N–H and O–H groups in total. The standard InChI is InChI=1S/C14H25N3O/c1-16-10-6-14(13(16)18)5-2-9-17(11-14)12-3-7-15-8-4-12/h12,15H,2-11H2,1H3. The Morgan fingerprint density at radius 3 is 2.67 bits per heavy atom. The lowest BCUT2D eigenvalue weighted by Gasteiger charge is -2.44. The summed E-state index contributed by atoms with van der Waals surface area (Å²) < 4.78 is 0. The van der Waals surface area contributed by atoms with Crippen LogP contribution in [0.2, 0.25) is 0 Å². The third kappa shape index (κ3) is 2.05. The number of hydrogen-bond donors (Lipinski definition) is 1. The van der Waals surface area contributed by atoms with Crippen molar-refractivity contribution in [3.05, 3.63) is 0 Å². The van der Waals surface area contributed by atoms with E-state index < -0.39 is 0 Å². The Kier molecular flexibility index (Phi) is 3.32. The van der Waals surface area contributed by atoms with Crippen LogP contribution in [0.5, 0.6) is 0 Å². The molecule has 0 aromatic rings. The fourth-order valence-corrected chi connectivity index (χ4v) is 4.02. The topological polar surface area (TPSA) is 35.6 Å². The molecule has 0 aliphatic carbocycles. The van der Waals surface area contributed by atoms with Crippen molar-refractivity contribution in [2.45, 2.75) is 38.1 Å². The number of nitrogens with zero attached hydrogens (tertiary/aromatic N) is 2. The molecule has 3 saturated heterocycles. The molecule has 3 aliphatic heterocycles. The second-order valence-corrected chi connectivity index (χ2v) is 6.31. The van der Waals surface area contributed by atoms with Gasteiger partial charge in [-0.25, -0.2) is 0 Å². The Morgan fingerprint density at radius 2 is 2.00 bits per heavy atom. The van der Waals surface area contributed by atoms with Crippen LogP contribution in [0.15, 0.2) is 0 Å². The monoisotopic (exact) mass is 251 g/mol. The number of carbonyl (C=O) groups excluding carboxylic acids is 1. The maximum absolute atomic E-state index is 12.4. The molecule has 1 spiro atoms. The smallest absolute Gasteiger partial charge is 0.229 e. The van der Waals surface area contributed by atoms with Crippen LogP contribution in [0, 0.1) is 5.41 Å². The highest BCUT2D eigenvalue weighted by Gasteiger charge is 2.48. The van der Waals surface area contributed by atoms with E-state index >= 15 is 0 Å². The third-order valence-corrected chi connectivity index (χ3v) is 5.16. The maximum atomic E-state index is 12.4. The first kappa shape index (κ1) is 12.4. The zero-order valence-corrected chi connectivity index (χ0v) is 11.5. The van der Waals surface area contributed by atoms with Crippen molar-refractivity contribution in [2.24, 2.45) is 5.41 Å². The minimum Gasteiger partial charge on any atom is -0.345 e. The number of likely N-dealkylation sites (tertiary alicyclic amines) is 2. The summed E-state index contributed by atoms with van der Waals surface area (Å²) >= 11 is 0. The van der Waals surface area contributed by atoms with Crippen LogP contribution in [-0.4, -0.2) is 61.5 Å². The van der Waals surface area contributed by atoms with Gasteiger partial charge in [-0.1, -0.05) is 0 Å². The zero-order chi connectivity index (χ0) is 12.6. The Morgan fingerprint density at radius 1 is 1.22 bits per heavy atom.